The third-order valence-corrected chi connectivity index (χ3v) is 10.6. The van der Waals surface area contributed by atoms with Gasteiger partial charge in [-0.25, -0.2) is 15.0 Å². The van der Waals surface area contributed by atoms with Crippen molar-refractivity contribution in [1.29, 1.82) is 0 Å². The zero-order valence-corrected chi connectivity index (χ0v) is 27.7. The molecule has 0 bridgehead atoms. The van der Waals surface area contributed by atoms with Crippen LogP contribution in [0.25, 0.3) is 93.0 Å². The third kappa shape index (κ3) is 4.71. The highest BCUT2D eigenvalue weighted by Crippen LogP contribution is 2.41. The SMILES string of the molecule is c1ccc(-c2nc(-c3ccccc3)nc(-c3ccc4c(c3)c3ccccc3n4-c3cccc(-c4cccc5sc6ccccc6c45)c3)n2)cc1. The van der Waals surface area contributed by atoms with E-state index >= 15 is 0 Å². The second kappa shape index (κ2) is 11.6. The minimum Gasteiger partial charge on any atom is -0.309 e. The van der Waals surface area contributed by atoms with Gasteiger partial charge in [-0.3, -0.25) is 0 Å². The highest BCUT2D eigenvalue weighted by atomic mass is 32.1. The zero-order valence-electron chi connectivity index (χ0n) is 26.9. The lowest BCUT2D eigenvalue weighted by atomic mass is 9.99. The molecule has 0 saturated carbocycles. The van der Waals surface area contributed by atoms with E-state index in [0.29, 0.717) is 17.5 Å². The maximum absolute atomic E-state index is 5.01. The van der Waals surface area contributed by atoms with Crippen LogP contribution >= 0.6 is 11.3 Å². The number of fused-ring (bicyclic) bond motifs is 6. The monoisotopic (exact) mass is 656 g/mol. The van der Waals surface area contributed by atoms with Crippen LogP contribution in [0.4, 0.5) is 0 Å². The van der Waals surface area contributed by atoms with Crippen molar-refractivity contribution in [3.8, 4) is 51.0 Å². The van der Waals surface area contributed by atoms with Gasteiger partial charge in [0.2, 0.25) is 0 Å². The van der Waals surface area contributed by atoms with Gasteiger partial charge in [0.25, 0.3) is 0 Å². The topological polar surface area (TPSA) is 43.6 Å². The summed E-state index contributed by atoms with van der Waals surface area (Å²) in [4.78, 5) is 14.9. The van der Waals surface area contributed by atoms with E-state index in [4.69, 9.17) is 15.0 Å². The Labute approximate surface area is 292 Å². The first-order chi connectivity index (χ1) is 24.8. The number of rotatable bonds is 5. The van der Waals surface area contributed by atoms with E-state index in [2.05, 4.69) is 114 Å². The first-order valence-electron chi connectivity index (χ1n) is 16.7. The van der Waals surface area contributed by atoms with Crippen molar-refractivity contribution in [3.05, 3.63) is 170 Å². The molecule has 234 valence electrons. The molecule has 0 fully saturated rings. The summed E-state index contributed by atoms with van der Waals surface area (Å²) in [5.41, 5.74) is 8.72. The van der Waals surface area contributed by atoms with Gasteiger partial charge >= 0.3 is 0 Å². The summed E-state index contributed by atoms with van der Waals surface area (Å²) in [5, 5.41) is 4.96. The normalized spacial score (nSPS) is 11.6. The molecular formula is C45H28N4S. The number of benzene rings is 7. The summed E-state index contributed by atoms with van der Waals surface area (Å²) >= 11 is 1.86. The number of thiophene rings is 1. The molecule has 0 aliphatic carbocycles. The molecule has 3 heterocycles. The molecule has 50 heavy (non-hydrogen) atoms. The Morgan fingerprint density at radius 2 is 0.960 bits per heavy atom. The maximum atomic E-state index is 5.01. The minimum absolute atomic E-state index is 0.648. The quantitative estimate of drug-likeness (QED) is 0.185. The molecule has 0 saturated heterocycles. The Bertz CT molecular complexity index is 2810. The first-order valence-corrected chi connectivity index (χ1v) is 17.5. The number of hydrogen-bond donors (Lipinski definition) is 0. The van der Waals surface area contributed by atoms with Crippen LogP contribution < -0.4 is 0 Å². The van der Waals surface area contributed by atoms with Crippen molar-refractivity contribution in [2.75, 3.05) is 0 Å². The van der Waals surface area contributed by atoms with E-state index in [1.807, 2.05) is 72.0 Å². The molecule has 0 atom stereocenters. The minimum atomic E-state index is 0.648. The molecule has 0 aliphatic rings. The number of hydrogen-bond acceptors (Lipinski definition) is 4. The van der Waals surface area contributed by atoms with Gasteiger partial charge in [0, 0.05) is 53.3 Å². The van der Waals surface area contributed by atoms with Gasteiger partial charge in [-0.15, -0.1) is 11.3 Å². The lowest BCUT2D eigenvalue weighted by molar-refractivity contribution is 1.07. The molecule has 0 amide bonds. The fourth-order valence-electron chi connectivity index (χ4n) is 7.16. The predicted octanol–water partition coefficient (Wildman–Crippen LogP) is 12.0. The van der Waals surface area contributed by atoms with Crippen molar-refractivity contribution >= 4 is 53.3 Å². The van der Waals surface area contributed by atoms with E-state index < -0.39 is 0 Å². The van der Waals surface area contributed by atoms with Gasteiger partial charge in [-0.1, -0.05) is 121 Å². The first kappa shape index (κ1) is 28.6. The van der Waals surface area contributed by atoms with E-state index in [0.717, 1.165) is 38.8 Å². The third-order valence-electron chi connectivity index (χ3n) is 9.45. The van der Waals surface area contributed by atoms with Crippen LogP contribution in [0, 0.1) is 0 Å². The summed E-state index contributed by atoms with van der Waals surface area (Å²) in [5.74, 6) is 1.96. The fraction of sp³-hybridized carbons (Fsp3) is 0. The van der Waals surface area contributed by atoms with Crippen LogP contribution in [0.3, 0.4) is 0 Å². The molecule has 0 N–H and O–H groups in total. The molecular weight excluding hydrogens is 629 g/mol. The number of para-hydroxylation sites is 1. The Kier molecular flexibility index (Phi) is 6.64. The smallest absolute Gasteiger partial charge is 0.164 e. The second-order valence-corrected chi connectivity index (χ2v) is 13.5. The molecule has 3 aromatic heterocycles. The van der Waals surface area contributed by atoms with Crippen LogP contribution in [0.2, 0.25) is 0 Å². The number of aromatic nitrogens is 4. The summed E-state index contributed by atoms with van der Waals surface area (Å²) in [6.45, 7) is 0. The van der Waals surface area contributed by atoms with E-state index in [1.165, 1.54) is 36.7 Å². The molecule has 0 unspecified atom stereocenters. The predicted molar refractivity (Wildman–Crippen MR) is 209 cm³/mol. The van der Waals surface area contributed by atoms with Crippen LogP contribution in [-0.4, -0.2) is 19.5 Å². The van der Waals surface area contributed by atoms with Gasteiger partial charge in [0.1, 0.15) is 0 Å². The van der Waals surface area contributed by atoms with Crippen molar-refractivity contribution in [2.45, 2.75) is 0 Å². The zero-order chi connectivity index (χ0) is 33.0. The standard InChI is InChI=1S/C45H28N4S/c1-3-13-29(14-4-1)43-46-44(30-15-5-2-6-16-30)48-45(47-43)32-25-26-39-37(28-32)35-19-7-9-22-38(35)49(39)33-18-11-17-31(27-33)34-21-12-24-41-42(34)36-20-8-10-23-40(36)50-41/h1-28H. The van der Waals surface area contributed by atoms with Crippen LogP contribution in [0.15, 0.2) is 170 Å². The molecule has 10 aromatic rings. The van der Waals surface area contributed by atoms with Crippen molar-refractivity contribution < 1.29 is 0 Å². The van der Waals surface area contributed by atoms with Crippen LogP contribution in [0.5, 0.6) is 0 Å². The van der Waals surface area contributed by atoms with E-state index in [-0.39, 0.29) is 0 Å². The second-order valence-electron chi connectivity index (χ2n) is 12.5. The molecule has 7 aromatic carbocycles. The average molecular weight is 657 g/mol. The van der Waals surface area contributed by atoms with E-state index in [1.54, 1.807) is 0 Å². The number of nitrogens with zero attached hydrogens (tertiary/aromatic N) is 4. The molecule has 0 radical (unpaired) electrons. The highest BCUT2D eigenvalue weighted by molar-refractivity contribution is 7.25. The van der Waals surface area contributed by atoms with Gasteiger partial charge in [0.15, 0.2) is 17.5 Å². The van der Waals surface area contributed by atoms with Crippen LogP contribution in [-0.2, 0) is 0 Å². The van der Waals surface area contributed by atoms with Gasteiger partial charge in [-0.2, -0.15) is 0 Å². The molecule has 4 nitrogen and oxygen atoms in total. The molecule has 0 spiro atoms. The fourth-order valence-corrected chi connectivity index (χ4v) is 8.29. The summed E-state index contributed by atoms with van der Waals surface area (Å²) in [6, 6.07) is 59.8. The van der Waals surface area contributed by atoms with Crippen molar-refractivity contribution in [2.24, 2.45) is 0 Å². The van der Waals surface area contributed by atoms with E-state index in [9.17, 15) is 0 Å². The Morgan fingerprint density at radius 3 is 1.72 bits per heavy atom. The highest BCUT2D eigenvalue weighted by Gasteiger charge is 2.17. The largest absolute Gasteiger partial charge is 0.309 e. The van der Waals surface area contributed by atoms with Crippen LogP contribution in [0.1, 0.15) is 0 Å². The summed E-state index contributed by atoms with van der Waals surface area (Å²) in [7, 11) is 0. The average Bonchev–Trinajstić information content (AvgIpc) is 3.74. The molecule has 0 aliphatic heterocycles. The maximum Gasteiger partial charge on any atom is 0.164 e. The summed E-state index contributed by atoms with van der Waals surface area (Å²) in [6.07, 6.45) is 0. The lowest BCUT2D eigenvalue weighted by Crippen LogP contribution is -2.00. The van der Waals surface area contributed by atoms with Gasteiger partial charge in [0.05, 0.1) is 11.0 Å². The van der Waals surface area contributed by atoms with Crippen molar-refractivity contribution in [1.82, 2.24) is 19.5 Å². The Hall–Kier alpha value is -6.43. The van der Waals surface area contributed by atoms with Gasteiger partial charge < -0.3 is 4.57 Å². The Morgan fingerprint density at radius 1 is 0.380 bits per heavy atom. The lowest BCUT2D eigenvalue weighted by Gasteiger charge is -2.12. The Balaban J connectivity index is 1.15. The van der Waals surface area contributed by atoms with Crippen molar-refractivity contribution in [3.63, 3.8) is 0 Å². The molecule has 5 heteroatoms. The molecule has 10 rings (SSSR count). The van der Waals surface area contributed by atoms with Gasteiger partial charge in [-0.05, 0) is 59.7 Å². The summed E-state index contributed by atoms with van der Waals surface area (Å²) < 4.78 is 5.00.